The van der Waals surface area contributed by atoms with Crippen molar-refractivity contribution in [3.63, 3.8) is 0 Å². The summed E-state index contributed by atoms with van der Waals surface area (Å²) in [6, 6.07) is 0.383. The third-order valence-corrected chi connectivity index (χ3v) is 4.14. The minimum Gasteiger partial charge on any atom is -0.468 e. The SMILES string of the molecule is CCCCC(NC1CCCSC1)C(=O)OC. The van der Waals surface area contributed by atoms with E-state index in [2.05, 4.69) is 12.2 Å². The van der Waals surface area contributed by atoms with Gasteiger partial charge in [-0.3, -0.25) is 4.79 Å². The van der Waals surface area contributed by atoms with Crippen LogP contribution in [-0.4, -0.2) is 36.7 Å². The fraction of sp³-hybridized carbons (Fsp3) is 0.917. The standard InChI is InChI=1S/C12H23NO2S/c1-3-4-7-11(12(14)15-2)13-10-6-5-8-16-9-10/h10-11,13H,3-9H2,1-2H3. The van der Waals surface area contributed by atoms with Crippen LogP contribution < -0.4 is 5.32 Å². The van der Waals surface area contributed by atoms with Crippen molar-refractivity contribution in [2.45, 2.75) is 51.1 Å². The summed E-state index contributed by atoms with van der Waals surface area (Å²) < 4.78 is 4.84. The highest BCUT2D eigenvalue weighted by atomic mass is 32.2. The molecule has 0 radical (unpaired) electrons. The molecule has 4 heteroatoms. The van der Waals surface area contributed by atoms with Gasteiger partial charge in [0.25, 0.3) is 0 Å². The molecule has 1 heterocycles. The Balaban J connectivity index is 2.38. The van der Waals surface area contributed by atoms with Gasteiger partial charge in [0.05, 0.1) is 7.11 Å². The molecule has 94 valence electrons. The molecule has 2 atom stereocenters. The minimum atomic E-state index is -0.107. The molecule has 0 aliphatic carbocycles. The molecule has 0 aromatic heterocycles. The van der Waals surface area contributed by atoms with E-state index in [9.17, 15) is 4.79 Å². The van der Waals surface area contributed by atoms with Crippen molar-refractivity contribution in [2.24, 2.45) is 0 Å². The number of unbranched alkanes of at least 4 members (excludes halogenated alkanes) is 1. The first-order valence-corrected chi connectivity index (χ1v) is 7.35. The number of esters is 1. The van der Waals surface area contributed by atoms with Gasteiger partial charge in [0.1, 0.15) is 6.04 Å². The van der Waals surface area contributed by atoms with Crippen LogP contribution in [0.25, 0.3) is 0 Å². The van der Waals surface area contributed by atoms with Crippen molar-refractivity contribution in [3.05, 3.63) is 0 Å². The number of nitrogens with one attached hydrogen (secondary N) is 1. The second kappa shape index (κ2) is 7.96. The quantitative estimate of drug-likeness (QED) is 0.728. The van der Waals surface area contributed by atoms with Crippen LogP contribution in [0, 0.1) is 0 Å². The van der Waals surface area contributed by atoms with E-state index in [4.69, 9.17) is 4.74 Å². The topological polar surface area (TPSA) is 38.3 Å². The highest BCUT2D eigenvalue weighted by molar-refractivity contribution is 7.99. The summed E-state index contributed by atoms with van der Waals surface area (Å²) in [7, 11) is 1.47. The van der Waals surface area contributed by atoms with E-state index in [0.29, 0.717) is 6.04 Å². The Kier molecular flexibility index (Phi) is 6.88. The molecule has 3 nitrogen and oxygen atoms in total. The summed E-state index contributed by atoms with van der Waals surface area (Å²) >= 11 is 1.97. The first kappa shape index (κ1) is 13.8. The highest BCUT2D eigenvalue weighted by Gasteiger charge is 2.23. The van der Waals surface area contributed by atoms with Crippen LogP contribution in [-0.2, 0) is 9.53 Å². The zero-order valence-electron chi connectivity index (χ0n) is 10.3. The van der Waals surface area contributed by atoms with Gasteiger partial charge >= 0.3 is 5.97 Å². The number of carbonyl (C=O) groups excluding carboxylic acids is 1. The lowest BCUT2D eigenvalue weighted by Crippen LogP contribution is -2.46. The van der Waals surface area contributed by atoms with Crippen LogP contribution in [0.4, 0.5) is 0 Å². The summed E-state index contributed by atoms with van der Waals surface area (Å²) in [6.07, 6.45) is 5.53. The maximum absolute atomic E-state index is 11.6. The Hall–Kier alpha value is -0.220. The fourth-order valence-electron chi connectivity index (χ4n) is 1.98. The van der Waals surface area contributed by atoms with Gasteiger partial charge in [0, 0.05) is 11.8 Å². The zero-order valence-corrected chi connectivity index (χ0v) is 11.1. The van der Waals surface area contributed by atoms with Gasteiger partial charge in [-0.15, -0.1) is 0 Å². The van der Waals surface area contributed by atoms with Crippen molar-refractivity contribution < 1.29 is 9.53 Å². The van der Waals surface area contributed by atoms with Crippen LogP contribution >= 0.6 is 11.8 Å². The molecule has 1 fully saturated rings. The van der Waals surface area contributed by atoms with Gasteiger partial charge in [0.2, 0.25) is 0 Å². The van der Waals surface area contributed by atoms with Crippen LogP contribution in [0.15, 0.2) is 0 Å². The van der Waals surface area contributed by atoms with E-state index in [1.54, 1.807) is 0 Å². The lowest BCUT2D eigenvalue weighted by molar-refractivity contribution is -0.143. The van der Waals surface area contributed by atoms with Gasteiger partial charge in [-0.1, -0.05) is 19.8 Å². The minimum absolute atomic E-state index is 0.103. The molecule has 2 unspecified atom stereocenters. The second-order valence-corrected chi connectivity index (χ2v) is 5.45. The highest BCUT2D eigenvalue weighted by Crippen LogP contribution is 2.18. The van der Waals surface area contributed by atoms with Crippen LogP contribution in [0.2, 0.25) is 0 Å². The average Bonchev–Trinajstić information content (AvgIpc) is 2.34. The summed E-state index contributed by atoms with van der Waals surface area (Å²) in [6.45, 7) is 2.14. The Morgan fingerprint density at radius 1 is 1.62 bits per heavy atom. The Labute approximate surface area is 103 Å². The molecule has 0 saturated carbocycles. The normalized spacial score (nSPS) is 22.8. The first-order chi connectivity index (χ1) is 7.77. The van der Waals surface area contributed by atoms with Crippen LogP contribution in [0.5, 0.6) is 0 Å². The van der Waals surface area contributed by atoms with Gasteiger partial charge in [-0.2, -0.15) is 11.8 Å². The molecular weight excluding hydrogens is 222 g/mol. The number of thioether (sulfide) groups is 1. The lowest BCUT2D eigenvalue weighted by atomic mass is 10.1. The maximum atomic E-state index is 11.6. The van der Waals surface area contributed by atoms with Crippen LogP contribution in [0.1, 0.15) is 39.0 Å². The third kappa shape index (κ3) is 4.74. The van der Waals surface area contributed by atoms with Crippen LogP contribution in [0.3, 0.4) is 0 Å². The predicted molar refractivity (Wildman–Crippen MR) is 68.8 cm³/mol. The van der Waals surface area contributed by atoms with Gasteiger partial charge < -0.3 is 10.1 Å². The summed E-state index contributed by atoms with van der Waals surface area (Å²) in [5, 5.41) is 3.45. The van der Waals surface area contributed by atoms with Gasteiger partial charge in [0.15, 0.2) is 0 Å². The molecular formula is C12H23NO2S. The van der Waals surface area contributed by atoms with E-state index in [1.807, 2.05) is 11.8 Å². The lowest BCUT2D eigenvalue weighted by Gasteiger charge is -2.26. The molecule has 0 spiro atoms. The molecule has 0 aromatic rings. The largest absolute Gasteiger partial charge is 0.468 e. The number of ether oxygens (including phenoxy) is 1. The predicted octanol–water partition coefficient (Wildman–Crippen LogP) is 2.20. The third-order valence-electron chi connectivity index (χ3n) is 2.93. The molecule has 1 aliphatic rings. The van der Waals surface area contributed by atoms with E-state index < -0.39 is 0 Å². The summed E-state index contributed by atoms with van der Waals surface area (Å²) in [4.78, 5) is 11.6. The van der Waals surface area contributed by atoms with Crippen molar-refractivity contribution in [2.75, 3.05) is 18.6 Å². The van der Waals surface area contributed by atoms with Gasteiger partial charge in [-0.05, 0) is 25.0 Å². The smallest absolute Gasteiger partial charge is 0.322 e. The molecule has 1 N–H and O–H groups in total. The van der Waals surface area contributed by atoms with E-state index in [-0.39, 0.29) is 12.0 Å². The summed E-state index contributed by atoms with van der Waals surface area (Å²) in [5.74, 6) is 2.28. The van der Waals surface area contributed by atoms with Crippen molar-refractivity contribution in [1.29, 1.82) is 0 Å². The summed E-state index contributed by atoms with van der Waals surface area (Å²) in [5.41, 5.74) is 0. The Bertz CT molecular complexity index is 205. The van der Waals surface area contributed by atoms with Crippen molar-refractivity contribution in [1.82, 2.24) is 5.32 Å². The Morgan fingerprint density at radius 3 is 3.00 bits per heavy atom. The monoisotopic (exact) mass is 245 g/mol. The van der Waals surface area contributed by atoms with E-state index in [1.165, 1.54) is 25.7 Å². The van der Waals surface area contributed by atoms with E-state index in [0.717, 1.165) is 25.0 Å². The molecule has 1 rings (SSSR count). The molecule has 0 aromatic carbocycles. The van der Waals surface area contributed by atoms with Crippen molar-refractivity contribution in [3.8, 4) is 0 Å². The molecule has 0 amide bonds. The number of carbonyl (C=O) groups is 1. The van der Waals surface area contributed by atoms with Gasteiger partial charge in [-0.25, -0.2) is 0 Å². The van der Waals surface area contributed by atoms with Crippen molar-refractivity contribution >= 4 is 17.7 Å². The Morgan fingerprint density at radius 2 is 2.44 bits per heavy atom. The first-order valence-electron chi connectivity index (χ1n) is 6.19. The zero-order chi connectivity index (χ0) is 11.8. The fourth-order valence-corrected chi connectivity index (χ4v) is 3.06. The molecule has 0 bridgehead atoms. The molecule has 1 saturated heterocycles. The number of hydrogen-bond donors (Lipinski definition) is 1. The number of hydrogen-bond acceptors (Lipinski definition) is 4. The van der Waals surface area contributed by atoms with E-state index >= 15 is 0 Å². The molecule has 16 heavy (non-hydrogen) atoms. The number of methoxy groups -OCH3 is 1. The number of rotatable bonds is 6. The average molecular weight is 245 g/mol. The molecule has 1 aliphatic heterocycles. The maximum Gasteiger partial charge on any atom is 0.322 e. The second-order valence-electron chi connectivity index (χ2n) is 4.30.